The highest BCUT2D eigenvalue weighted by atomic mass is 16.5. The number of ketones is 1. The molecule has 0 spiro atoms. The Morgan fingerprint density at radius 1 is 1.08 bits per heavy atom. The van der Waals surface area contributed by atoms with Gasteiger partial charge >= 0.3 is 5.97 Å². The molecule has 0 amide bonds. The lowest BCUT2D eigenvalue weighted by Crippen LogP contribution is -2.56. The largest absolute Gasteiger partial charge is 0.462 e. The van der Waals surface area contributed by atoms with Gasteiger partial charge in [0, 0.05) is 24.7 Å². The van der Waals surface area contributed by atoms with Crippen molar-refractivity contribution in [2.45, 2.75) is 91.6 Å². The second kappa shape index (κ2) is 6.34. The summed E-state index contributed by atoms with van der Waals surface area (Å²) in [4.78, 5) is 24.1. The summed E-state index contributed by atoms with van der Waals surface area (Å²) in [6.07, 6.45) is 9.28. The summed E-state index contributed by atoms with van der Waals surface area (Å²) in [5.74, 6) is 3.89. The van der Waals surface area contributed by atoms with Gasteiger partial charge in [-0.25, -0.2) is 0 Å². The SMILES string of the molecule is CCC(=O)O[C@@H]1CC[C@H]2[C@@H]3C[C@@H](C)[C@H]4CC(=O)CC[C@]4(C)[C@H]3CC[C@]12C. The van der Waals surface area contributed by atoms with Crippen LogP contribution in [-0.4, -0.2) is 17.9 Å². The van der Waals surface area contributed by atoms with Gasteiger partial charge in [0.05, 0.1) is 0 Å². The summed E-state index contributed by atoms with van der Waals surface area (Å²) >= 11 is 0. The predicted molar refractivity (Wildman–Crippen MR) is 101 cm³/mol. The van der Waals surface area contributed by atoms with Crippen molar-refractivity contribution in [3.05, 3.63) is 0 Å². The monoisotopic (exact) mass is 360 g/mol. The smallest absolute Gasteiger partial charge is 0.305 e. The fraction of sp³-hybridized carbons (Fsp3) is 0.913. The van der Waals surface area contributed by atoms with Crippen LogP contribution >= 0.6 is 0 Å². The van der Waals surface area contributed by atoms with Gasteiger partial charge in [0.15, 0.2) is 0 Å². The molecule has 0 aromatic rings. The number of hydrogen-bond donors (Lipinski definition) is 0. The number of ether oxygens (including phenoxy) is 1. The van der Waals surface area contributed by atoms with E-state index in [4.69, 9.17) is 4.74 Å². The lowest BCUT2D eigenvalue weighted by molar-refractivity contribution is -0.168. The maximum absolute atomic E-state index is 12.1. The van der Waals surface area contributed by atoms with Crippen LogP contribution in [0.5, 0.6) is 0 Å². The highest BCUT2D eigenvalue weighted by molar-refractivity contribution is 5.79. The van der Waals surface area contributed by atoms with Gasteiger partial charge in [0.2, 0.25) is 0 Å². The Hall–Kier alpha value is -0.860. The van der Waals surface area contributed by atoms with Gasteiger partial charge < -0.3 is 4.74 Å². The molecular weight excluding hydrogens is 324 g/mol. The van der Waals surface area contributed by atoms with Gasteiger partial charge in [0.25, 0.3) is 0 Å². The van der Waals surface area contributed by atoms with E-state index in [1.807, 2.05) is 6.92 Å². The molecule has 4 rings (SSSR count). The number of Topliss-reactive ketones (excluding diaryl/α,β-unsaturated/α-hetero) is 1. The fourth-order valence-electron chi connectivity index (χ4n) is 7.90. The van der Waals surface area contributed by atoms with Crippen LogP contribution in [0.1, 0.15) is 85.5 Å². The van der Waals surface area contributed by atoms with Crippen molar-refractivity contribution >= 4 is 11.8 Å². The van der Waals surface area contributed by atoms with Crippen LogP contribution in [0.15, 0.2) is 0 Å². The zero-order valence-corrected chi connectivity index (χ0v) is 17.1. The van der Waals surface area contributed by atoms with Crippen molar-refractivity contribution in [3.63, 3.8) is 0 Å². The molecular formula is C23H36O3. The number of fused-ring (bicyclic) bond motifs is 5. The number of rotatable bonds is 2. The van der Waals surface area contributed by atoms with E-state index in [1.54, 1.807) is 0 Å². The van der Waals surface area contributed by atoms with E-state index in [-0.39, 0.29) is 17.5 Å². The first kappa shape index (κ1) is 18.5. The molecule has 4 saturated carbocycles. The molecule has 3 heteroatoms. The van der Waals surface area contributed by atoms with Gasteiger partial charge in [-0.1, -0.05) is 27.7 Å². The molecule has 4 fully saturated rings. The Balaban J connectivity index is 1.59. The Labute approximate surface area is 158 Å². The molecule has 4 aliphatic rings. The summed E-state index contributed by atoms with van der Waals surface area (Å²) in [6, 6.07) is 0. The zero-order chi connectivity index (χ0) is 18.7. The Morgan fingerprint density at radius 3 is 2.54 bits per heavy atom. The van der Waals surface area contributed by atoms with Gasteiger partial charge in [0.1, 0.15) is 11.9 Å². The van der Waals surface area contributed by atoms with Gasteiger partial charge in [-0.15, -0.1) is 0 Å². The van der Waals surface area contributed by atoms with E-state index in [0.29, 0.717) is 35.4 Å². The topological polar surface area (TPSA) is 43.4 Å². The van der Waals surface area contributed by atoms with E-state index in [0.717, 1.165) is 37.5 Å². The first-order valence-corrected chi connectivity index (χ1v) is 11.0. The highest BCUT2D eigenvalue weighted by Crippen LogP contribution is 2.67. The van der Waals surface area contributed by atoms with Crippen LogP contribution in [0.2, 0.25) is 0 Å². The molecule has 0 N–H and O–H groups in total. The Bertz CT molecular complexity index is 598. The van der Waals surface area contributed by atoms with Crippen molar-refractivity contribution in [2.75, 3.05) is 0 Å². The van der Waals surface area contributed by atoms with Crippen molar-refractivity contribution in [3.8, 4) is 0 Å². The summed E-state index contributed by atoms with van der Waals surface area (Å²) in [6.45, 7) is 9.19. The van der Waals surface area contributed by atoms with Crippen LogP contribution in [-0.2, 0) is 14.3 Å². The Kier molecular flexibility index (Phi) is 4.51. The molecule has 0 aliphatic heterocycles. The van der Waals surface area contributed by atoms with E-state index >= 15 is 0 Å². The first-order chi connectivity index (χ1) is 12.3. The minimum absolute atomic E-state index is 0.0335. The third kappa shape index (κ3) is 2.59. The lowest BCUT2D eigenvalue weighted by atomic mass is 9.43. The quantitative estimate of drug-likeness (QED) is 0.638. The summed E-state index contributed by atoms with van der Waals surface area (Å²) in [5.41, 5.74) is 0.509. The molecule has 0 radical (unpaired) electrons. The molecule has 8 atom stereocenters. The number of esters is 1. The number of carbonyl (C=O) groups is 2. The molecule has 0 aromatic heterocycles. The molecule has 0 unspecified atom stereocenters. The van der Waals surface area contributed by atoms with Gasteiger partial charge in [-0.3, -0.25) is 9.59 Å². The van der Waals surface area contributed by atoms with Crippen LogP contribution in [0.25, 0.3) is 0 Å². The second-order valence-electron chi connectivity index (χ2n) is 10.4. The first-order valence-electron chi connectivity index (χ1n) is 11.0. The van der Waals surface area contributed by atoms with Crippen molar-refractivity contribution in [1.82, 2.24) is 0 Å². The molecule has 26 heavy (non-hydrogen) atoms. The zero-order valence-electron chi connectivity index (χ0n) is 17.1. The molecule has 0 heterocycles. The van der Waals surface area contributed by atoms with E-state index in [9.17, 15) is 9.59 Å². The summed E-state index contributed by atoms with van der Waals surface area (Å²) in [5, 5.41) is 0. The lowest BCUT2D eigenvalue weighted by Gasteiger charge is -2.61. The molecule has 0 aromatic carbocycles. The van der Waals surface area contributed by atoms with E-state index < -0.39 is 0 Å². The predicted octanol–water partition coefficient (Wildman–Crippen LogP) is 5.17. The summed E-state index contributed by atoms with van der Waals surface area (Å²) in [7, 11) is 0. The molecule has 0 saturated heterocycles. The number of carbonyl (C=O) groups excluding carboxylic acids is 2. The standard InChI is InChI=1S/C23H36O3/c1-5-21(25)26-20-7-6-17-16-12-14(2)19-13-15(24)8-10-22(19,3)18(16)9-11-23(17,20)4/h14,16-20H,5-13H2,1-4H3/t14-,16+,17+,18+,19-,20-,22-,23+/m1/s1. The molecule has 4 aliphatic carbocycles. The van der Waals surface area contributed by atoms with Crippen LogP contribution in [0.4, 0.5) is 0 Å². The molecule has 3 nitrogen and oxygen atoms in total. The van der Waals surface area contributed by atoms with E-state index in [1.165, 1.54) is 25.7 Å². The van der Waals surface area contributed by atoms with Gasteiger partial charge in [-0.05, 0) is 73.5 Å². The normalized spacial score (nSPS) is 50.5. The van der Waals surface area contributed by atoms with Crippen molar-refractivity contribution in [2.24, 2.45) is 40.4 Å². The van der Waals surface area contributed by atoms with Crippen LogP contribution < -0.4 is 0 Å². The maximum Gasteiger partial charge on any atom is 0.305 e. The maximum atomic E-state index is 12.1. The number of hydrogen-bond acceptors (Lipinski definition) is 3. The Morgan fingerprint density at radius 2 is 1.81 bits per heavy atom. The average Bonchev–Trinajstić information content (AvgIpc) is 2.93. The third-order valence-corrected chi connectivity index (χ3v) is 9.33. The molecule has 146 valence electrons. The fourth-order valence-corrected chi connectivity index (χ4v) is 7.90. The van der Waals surface area contributed by atoms with Crippen LogP contribution in [0, 0.1) is 40.4 Å². The molecule has 0 bridgehead atoms. The van der Waals surface area contributed by atoms with Gasteiger partial charge in [-0.2, -0.15) is 0 Å². The average molecular weight is 361 g/mol. The van der Waals surface area contributed by atoms with Crippen molar-refractivity contribution < 1.29 is 14.3 Å². The minimum Gasteiger partial charge on any atom is -0.462 e. The second-order valence-corrected chi connectivity index (χ2v) is 10.4. The third-order valence-electron chi connectivity index (χ3n) is 9.33. The van der Waals surface area contributed by atoms with Crippen molar-refractivity contribution in [1.29, 1.82) is 0 Å². The van der Waals surface area contributed by atoms with Crippen LogP contribution in [0.3, 0.4) is 0 Å². The minimum atomic E-state index is -0.0335. The van der Waals surface area contributed by atoms with E-state index in [2.05, 4.69) is 20.8 Å². The highest BCUT2D eigenvalue weighted by Gasteiger charge is 2.62. The summed E-state index contributed by atoms with van der Waals surface area (Å²) < 4.78 is 5.90.